The van der Waals surface area contributed by atoms with Gasteiger partial charge in [0.15, 0.2) is 5.69 Å². The summed E-state index contributed by atoms with van der Waals surface area (Å²) >= 11 is 0. The molecule has 5 nitrogen and oxygen atoms in total. The average Bonchev–Trinajstić information content (AvgIpc) is 2.55. The van der Waals surface area contributed by atoms with Crippen molar-refractivity contribution in [1.29, 1.82) is 0 Å². The monoisotopic (exact) mass is 299 g/mol. The van der Waals surface area contributed by atoms with E-state index < -0.39 is 0 Å². The van der Waals surface area contributed by atoms with Gasteiger partial charge in [-0.05, 0) is 39.2 Å². The van der Waals surface area contributed by atoms with E-state index in [1.165, 1.54) is 4.68 Å². The number of benzene rings is 1. The molecule has 1 aliphatic rings. The third kappa shape index (κ3) is 2.40. The third-order valence-electron chi connectivity index (χ3n) is 4.43. The number of piperidine rings is 1. The summed E-state index contributed by atoms with van der Waals surface area (Å²) in [6, 6.07) is 7.47. The van der Waals surface area contributed by atoms with Gasteiger partial charge in [0.05, 0.1) is 5.39 Å². The molecule has 0 saturated carbocycles. The van der Waals surface area contributed by atoms with Crippen molar-refractivity contribution in [1.82, 2.24) is 14.7 Å². The molecule has 5 heteroatoms. The number of hydrogen-bond donors (Lipinski definition) is 0. The maximum absolute atomic E-state index is 13.0. The molecule has 1 unspecified atom stereocenters. The van der Waals surface area contributed by atoms with Crippen LogP contribution in [0.15, 0.2) is 29.1 Å². The largest absolute Gasteiger partial charge is 0.335 e. The quantitative estimate of drug-likeness (QED) is 0.856. The van der Waals surface area contributed by atoms with E-state index in [1.807, 2.05) is 30.0 Å². The van der Waals surface area contributed by atoms with Crippen LogP contribution in [0.4, 0.5) is 0 Å². The third-order valence-corrected chi connectivity index (χ3v) is 4.43. The Bertz CT molecular complexity index is 766. The fourth-order valence-electron chi connectivity index (χ4n) is 3.14. The highest BCUT2D eigenvalue weighted by molar-refractivity contribution is 6.04. The first-order valence-electron chi connectivity index (χ1n) is 7.94. The summed E-state index contributed by atoms with van der Waals surface area (Å²) in [6.45, 7) is 5.16. The Hall–Kier alpha value is -2.17. The highest BCUT2D eigenvalue weighted by Crippen LogP contribution is 2.21. The van der Waals surface area contributed by atoms with Gasteiger partial charge in [0, 0.05) is 24.5 Å². The highest BCUT2D eigenvalue weighted by atomic mass is 16.2. The Labute approximate surface area is 129 Å². The van der Waals surface area contributed by atoms with Crippen LogP contribution in [0.3, 0.4) is 0 Å². The lowest BCUT2D eigenvalue weighted by Gasteiger charge is -2.33. The van der Waals surface area contributed by atoms with Crippen LogP contribution in [-0.2, 0) is 6.54 Å². The predicted octanol–water partition coefficient (Wildman–Crippen LogP) is 2.43. The summed E-state index contributed by atoms with van der Waals surface area (Å²) in [6.07, 6.45) is 3.21. The van der Waals surface area contributed by atoms with E-state index >= 15 is 0 Å². The average molecular weight is 299 g/mol. The molecule has 1 aromatic carbocycles. The number of rotatable bonds is 2. The molecule has 0 bridgehead atoms. The zero-order valence-corrected chi connectivity index (χ0v) is 13.1. The van der Waals surface area contributed by atoms with Gasteiger partial charge in [0.2, 0.25) is 0 Å². The minimum Gasteiger partial charge on any atom is -0.335 e. The van der Waals surface area contributed by atoms with Crippen molar-refractivity contribution < 1.29 is 4.79 Å². The standard InChI is InChI=1S/C17H21N3O2/c1-3-20-16(21)14-10-5-4-9-13(14)15(18-20)17(22)19-11-7-6-8-12(19)2/h4-5,9-10,12H,3,6-8,11H2,1-2H3. The van der Waals surface area contributed by atoms with E-state index in [9.17, 15) is 9.59 Å². The van der Waals surface area contributed by atoms with Crippen LogP contribution in [0.2, 0.25) is 0 Å². The number of aromatic nitrogens is 2. The molecule has 0 radical (unpaired) electrons. The fourth-order valence-corrected chi connectivity index (χ4v) is 3.14. The van der Waals surface area contributed by atoms with E-state index in [0.717, 1.165) is 25.8 Å². The smallest absolute Gasteiger partial charge is 0.275 e. The zero-order chi connectivity index (χ0) is 15.7. The van der Waals surface area contributed by atoms with Gasteiger partial charge < -0.3 is 4.90 Å². The van der Waals surface area contributed by atoms with Crippen LogP contribution in [-0.4, -0.2) is 33.2 Å². The van der Waals surface area contributed by atoms with Gasteiger partial charge in [0.25, 0.3) is 11.5 Å². The molecule has 116 valence electrons. The minimum absolute atomic E-state index is 0.0643. The number of aryl methyl sites for hydroxylation is 1. The topological polar surface area (TPSA) is 55.2 Å². The predicted molar refractivity (Wildman–Crippen MR) is 86.0 cm³/mol. The van der Waals surface area contributed by atoms with Gasteiger partial charge >= 0.3 is 0 Å². The van der Waals surface area contributed by atoms with Crippen molar-refractivity contribution in [3.05, 3.63) is 40.3 Å². The second-order valence-electron chi connectivity index (χ2n) is 5.86. The zero-order valence-electron chi connectivity index (χ0n) is 13.1. The highest BCUT2D eigenvalue weighted by Gasteiger charge is 2.27. The first kappa shape index (κ1) is 14.8. The molecule has 2 aromatic rings. The second-order valence-corrected chi connectivity index (χ2v) is 5.86. The molecule has 1 amide bonds. The number of nitrogens with zero attached hydrogens (tertiary/aromatic N) is 3. The maximum Gasteiger partial charge on any atom is 0.275 e. The molecular weight excluding hydrogens is 278 g/mol. The molecule has 2 heterocycles. The summed E-state index contributed by atoms with van der Waals surface area (Å²) in [4.78, 5) is 27.2. The van der Waals surface area contributed by atoms with E-state index in [1.54, 1.807) is 6.07 Å². The first-order chi connectivity index (χ1) is 10.6. The van der Waals surface area contributed by atoms with E-state index in [0.29, 0.717) is 23.0 Å². The number of carbonyl (C=O) groups excluding carboxylic acids is 1. The van der Waals surface area contributed by atoms with Crippen LogP contribution in [0.1, 0.15) is 43.6 Å². The molecular formula is C17H21N3O2. The van der Waals surface area contributed by atoms with E-state index in [-0.39, 0.29) is 17.5 Å². The van der Waals surface area contributed by atoms with Gasteiger partial charge in [-0.25, -0.2) is 4.68 Å². The minimum atomic E-state index is -0.138. The van der Waals surface area contributed by atoms with Crippen molar-refractivity contribution in [2.75, 3.05) is 6.54 Å². The van der Waals surface area contributed by atoms with Crippen LogP contribution in [0.5, 0.6) is 0 Å². The molecule has 0 aliphatic carbocycles. The van der Waals surface area contributed by atoms with Crippen molar-refractivity contribution in [2.45, 2.75) is 45.7 Å². The van der Waals surface area contributed by atoms with Crippen molar-refractivity contribution in [2.24, 2.45) is 0 Å². The van der Waals surface area contributed by atoms with Gasteiger partial charge in [-0.2, -0.15) is 5.10 Å². The van der Waals surface area contributed by atoms with Crippen molar-refractivity contribution in [3.8, 4) is 0 Å². The molecule has 3 rings (SSSR count). The number of carbonyl (C=O) groups is 1. The summed E-state index contributed by atoms with van der Waals surface area (Å²) in [5.74, 6) is -0.0643. The number of fused-ring (bicyclic) bond motifs is 1. The Balaban J connectivity index is 2.15. The fraction of sp³-hybridized carbons (Fsp3) is 0.471. The summed E-state index contributed by atoms with van der Waals surface area (Å²) in [5.41, 5.74) is 0.257. The SMILES string of the molecule is CCn1nc(C(=O)N2CCCCC2C)c2ccccc2c1=O. The van der Waals surface area contributed by atoms with Gasteiger partial charge in [-0.15, -0.1) is 0 Å². The number of likely N-dealkylation sites (tertiary alicyclic amines) is 1. The Kier molecular flexibility index (Phi) is 3.96. The molecule has 1 aliphatic heterocycles. The number of amides is 1. The van der Waals surface area contributed by atoms with Crippen LogP contribution < -0.4 is 5.56 Å². The lowest BCUT2D eigenvalue weighted by atomic mass is 10.0. The normalized spacial score (nSPS) is 18.6. The Morgan fingerprint density at radius 2 is 2.00 bits per heavy atom. The summed E-state index contributed by atoms with van der Waals surface area (Å²) in [7, 11) is 0. The van der Waals surface area contributed by atoms with Gasteiger partial charge in [0.1, 0.15) is 0 Å². The molecule has 1 aromatic heterocycles. The molecule has 0 spiro atoms. The summed E-state index contributed by atoms with van der Waals surface area (Å²) in [5, 5.41) is 5.56. The van der Waals surface area contributed by atoms with Gasteiger partial charge in [-0.1, -0.05) is 18.2 Å². The molecule has 1 fully saturated rings. The summed E-state index contributed by atoms with van der Waals surface area (Å²) < 4.78 is 1.38. The van der Waals surface area contributed by atoms with Crippen molar-refractivity contribution in [3.63, 3.8) is 0 Å². The second kappa shape index (κ2) is 5.91. The lowest BCUT2D eigenvalue weighted by Crippen LogP contribution is -2.43. The Morgan fingerprint density at radius 3 is 2.68 bits per heavy atom. The maximum atomic E-state index is 13.0. The molecule has 22 heavy (non-hydrogen) atoms. The molecule has 1 saturated heterocycles. The van der Waals surface area contributed by atoms with Gasteiger partial charge in [-0.3, -0.25) is 9.59 Å². The first-order valence-corrected chi connectivity index (χ1v) is 7.94. The van der Waals surface area contributed by atoms with Crippen LogP contribution >= 0.6 is 0 Å². The number of hydrogen-bond acceptors (Lipinski definition) is 3. The Morgan fingerprint density at radius 1 is 1.27 bits per heavy atom. The molecule has 1 atom stereocenters. The lowest BCUT2D eigenvalue weighted by molar-refractivity contribution is 0.0629. The van der Waals surface area contributed by atoms with Crippen LogP contribution in [0.25, 0.3) is 10.8 Å². The van der Waals surface area contributed by atoms with Crippen molar-refractivity contribution >= 4 is 16.7 Å². The molecule has 0 N–H and O–H groups in total. The van der Waals surface area contributed by atoms with Crippen LogP contribution in [0, 0.1) is 0 Å². The van der Waals surface area contributed by atoms with E-state index in [4.69, 9.17) is 0 Å². The van der Waals surface area contributed by atoms with E-state index in [2.05, 4.69) is 12.0 Å².